The quantitative estimate of drug-likeness (QED) is 0.483. The Hall–Kier alpha value is -1.59. The van der Waals surface area contributed by atoms with Crippen molar-refractivity contribution in [2.45, 2.75) is 45.4 Å². The molecule has 0 unspecified atom stereocenters. The number of rotatable bonds is 8. The minimum Gasteiger partial charge on any atom is -0.359 e. The van der Waals surface area contributed by atoms with Gasteiger partial charge in [-0.2, -0.15) is 0 Å². The molecule has 1 aliphatic rings. The summed E-state index contributed by atoms with van der Waals surface area (Å²) >= 11 is 5.87. The van der Waals surface area contributed by atoms with E-state index >= 15 is 0 Å². The van der Waals surface area contributed by atoms with E-state index < -0.39 is 0 Å². The lowest BCUT2D eigenvalue weighted by atomic mass is 10.1. The van der Waals surface area contributed by atoms with Gasteiger partial charge in [-0.15, -0.1) is 0 Å². The van der Waals surface area contributed by atoms with Crippen LogP contribution < -0.4 is 0 Å². The van der Waals surface area contributed by atoms with Crippen LogP contribution in [0.2, 0.25) is 5.02 Å². The highest BCUT2D eigenvalue weighted by molar-refractivity contribution is 6.30. The van der Waals surface area contributed by atoms with Crippen molar-refractivity contribution < 1.29 is 0 Å². The Labute approximate surface area is 146 Å². The molecule has 23 heavy (non-hydrogen) atoms. The van der Waals surface area contributed by atoms with Gasteiger partial charge in [0.25, 0.3) is 0 Å². The SMILES string of the molecule is CCCCCCCN1C=CN(CCC#Cc2ccc(Cl)cc2)C1. The first-order valence-corrected chi connectivity index (χ1v) is 9.06. The summed E-state index contributed by atoms with van der Waals surface area (Å²) in [4.78, 5) is 4.74. The molecule has 2 nitrogen and oxygen atoms in total. The number of hydrogen-bond acceptors (Lipinski definition) is 2. The minimum atomic E-state index is 0.757. The Morgan fingerprint density at radius 1 is 0.957 bits per heavy atom. The Morgan fingerprint density at radius 2 is 1.65 bits per heavy atom. The molecule has 0 amide bonds. The molecule has 0 aliphatic carbocycles. The molecule has 2 rings (SSSR count). The Balaban J connectivity index is 1.59. The first-order chi connectivity index (χ1) is 11.3. The molecule has 0 bridgehead atoms. The molecule has 0 aromatic heterocycles. The Bertz CT molecular complexity index is 539. The summed E-state index contributed by atoms with van der Waals surface area (Å²) in [7, 11) is 0. The fourth-order valence-electron chi connectivity index (χ4n) is 2.62. The van der Waals surface area contributed by atoms with E-state index in [1.54, 1.807) is 0 Å². The van der Waals surface area contributed by atoms with Crippen molar-refractivity contribution in [3.8, 4) is 11.8 Å². The van der Waals surface area contributed by atoms with Crippen molar-refractivity contribution in [1.82, 2.24) is 9.80 Å². The van der Waals surface area contributed by atoms with E-state index in [2.05, 4.69) is 41.0 Å². The van der Waals surface area contributed by atoms with Gasteiger partial charge < -0.3 is 9.80 Å². The smallest absolute Gasteiger partial charge is 0.0894 e. The van der Waals surface area contributed by atoms with E-state index in [9.17, 15) is 0 Å². The van der Waals surface area contributed by atoms with Gasteiger partial charge in [0.15, 0.2) is 0 Å². The minimum absolute atomic E-state index is 0.757. The first-order valence-electron chi connectivity index (χ1n) is 8.69. The van der Waals surface area contributed by atoms with E-state index in [0.29, 0.717) is 0 Å². The van der Waals surface area contributed by atoms with Crippen molar-refractivity contribution in [3.05, 3.63) is 47.3 Å². The molecule has 1 aliphatic heterocycles. The van der Waals surface area contributed by atoms with E-state index in [4.69, 9.17) is 11.6 Å². The molecule has 0 N–H and O–H groups in total. The summed E-state index contributed by atoms with van der Waals surface area (Å²) in [6, 6.07) is 7.69. The van der Waals surface area contributed by atoms with Gasteiger partial charge in [-0.05, 0) is 30.7 Å². The molecule has 1 aromatic rings. The lowest BCUT2D eigenvalue weighted by Crippen LogP contribution is -2.26. The summed E-state index contributed by atoms with van der Waals surface area (Å²) in [6.45, 7) is 5.43. The van der Waals surface area contributed by atoms with Crippen molar-refractivity contribution in [3.63, 3.8) is 0 Å². The molecule has 0 saturated heterocycles. The van der Waals surface area contributed by atoms with Crippen molar-refractivity contribution in [1.29, 1.82) is 0 Å². The van der Waals surface area contributed by atoms with Gasteiger partial charge in [0.1, 0.15) is 0 Å². The largest absolute Gasteiger partial charge is 0.359 e. The second-order valence-corrected chi connectivity index (χ2v) is 6.47. The maximum atomic E-state index is 5.87. The average Bonchev–Trinajstić information content (AvgIpc) is 3.01. The van der Waals surface area contributed by atoms with E-state index in [0.717, 1.165) is 30.2 Å². The van der Waals surface area contributed by atoms with Gasteiger partial charge in [0.2, 0.25) is 0 Å². The number of unbranched alkanes of at least 4 members (excludes halogenated alkanes) is 4. The van der Waals surface area contributed by atoms with Crippen LogP contribution in [0.5, 0.6) is 0 Å². The van der Waals surface area contributed by atoms with Gasteiger partial charge >= 0.3 is 0 Å². The molecular formula is C20H27ClN2. The third-order valence-corrected chi connectivity index (χ3v) is 4.25. The van der Waals surface area contributed by atoms with Crippen LogP contribution in [0.25, 0.3) is 0 Å². The maximum Gasteiger partial charge on any atom is 0.0894 e. The molecule has 0 radical (unpaired) electrons. The second-order valence-electron chi connectivity index (χ2n) is 6.04. The van der Waals surface area contributed by atoms with Gasteiger partial charge in [-0.1, -0.05) is 56.0 Å². The van der Waals surface area contributed by atoms with Gasteiger partial charge in [-0.3, -0.25) is 0 Å². The predicted octanol–water partition coefficient (Wildman–Crippen LogP) is 5.10. The summed E-state index contributed by atoms with van der Waals surface area (Å²) in [5, 5.41) is 0.757. The number of hydrogen-bond donors (Lipinski definition) is 0. The summed E-state index contributed by atoms with van der Waals surface area (Å²) < 4.78 is 0. The highest BCUT2D eigenvalue weighted by atomic mass is 35.5. The number of halogens is 1. The molecule has 0 saturated carbocycles. The zero-order chi connectivity index (χ0) is 16.3. The van der Waals surface area contributed by atoms with Crippen LogP contribution >= 0.6 is 11.6 Å². The maximum absolute atomic E-state index is 5.87. The highest BCUT2D eigenvalue weighted by Crippen LogP contribution is 2.11. The molecule has 3 heteroatoms. The second kappa shape index (κ2) is 10.2. The standard InChI is InChI=1S/C20H27ClN2/c1-2-3-4-5-7-14-22-16-17-23(18-22)15-8-6-9-19-10-12-20(21)13-11-19/h10-13,16-17H,2-5,7-8,14-15,18H2,1H3. The van der Waals surface area contributed by atoms with E-state index in [-0.39, 0.29) is 0 Å². The Morgan fingerprint density at radius 3 is 2.39 bits per heavy atom. The van der Waals surface area contributed by atoms with Crippen LogP contribution in [-0.2, 0) is 0 Å². The zero-order valence-electron chi connectivity index (χ0n) is 14.1. The van der Waals surface area contributed by atoms with Gasteiger partial charge in [0.05, 0.1) is 6.67 Å². The van der Waals surface area contributed by atoms with Crippen LogP contribution in [0, 0.1) is 11.8 Å². The Kier molecular flexibility index (Phi) is 7.90. The van der Waals surface area contributed by atoms with Gasteiger partial charge in [0, 0.05) is 42.5 Å². The van der Waals surface area contributed by atoms with Crippen LogP contribution in [0.3, 0.4) is 0 Å². The normalized spacial score (nSPS) is 13.3. The highest BCUT2D eigenvalue weighted by Gasteiger charge is 2.10. The van der Waals surface area contributed by atoms with Crippen LogP contribution in [0.15, 0.2) is 36.7 Å². The number of benzene rings is 1. The topological polar surface area (TPSA) is 6.48 Å². The summed E-state index contributed by atoms with van der Waals surface area (Å²) in [6.07, 6.45) is 12.0. The lowest BCUT2D eigenvalue weighted by Gasteiger charge is -2.20. The van der Waals surface area contributed by atoms with Crippen LogP contribution in [0.1, 0.15) is 51.0 Å². The molecule has 1 heterocycles. The van der Waals surface area contributed by atoms with E-state index in [1.807, 2.05) is 24.3 Å². The van der Waals surface area contributed by atoms with Crippen LogP contribution in [-0.4, -0.2) is 29.6 Å². The molecule has 124 valence electrons. The molecule has 0 fully saturated rings. The fraction of sp³-hybridized carbons (Fsp3) is 0.500. The predicted molar refractivity (Wildman–Crippen MR) is 99.1 cm³/mol. The van der Waals surface area contributed by atoms with Gasteiger partial charge in [-0.25, -0.2) is 0 Å². The third-order valence-electron chi connectivity index (χ3n) is 4.00. The van der Waals surface area contributed by atoms with Crippen molar-refractivity contribution in [2.24, 2.45) is 0 Å². The monoisotopic (exact) mass is 330 g/mol. The fourth-order valence-corrected chi connectivity index (χ4v) is 2.75. The van der Waals surface area contributed by atoms with Crippen LogP contribution in [0.4, 0.5) is 0 Å². The zero-order valence-corrected chi connectivity index (χ0v) is 14.9. The summed E-state index contributed by atoms with van der Waals surface area (Å²) in [5.74, 6) is 6.43. The number of nitrogens with zero attached hydrogens (tertiary/aromatic N) is 2. The molecule has 0 atom stereocenters. The first kappa shape index (κ1) is 17.8. The van der Waals surface area contributed by atoms with Crippen molar-refractivity contribution >= 4 is 11.6 Å². The average molecular weight is 331 g/mol. The van der Waals surface area contributed by atoms with Crippen molar-refractivity contribution in [2.75, 3.05) is 19.8 Å². The van der Waals surface area contributed by atoms with E-state index in [1.165, 1.54) is 38.6 Å². The molecule has 1 aromatic carbocycles. The lowest BCUT2D eigenvalue weighted by molar-refractivity contribution is 0.264. The third kappa shape index (κ3) is 7.01. The molecule has 0 spiro atoms. The molecular weight excluding hydrogens is 304 g/mol. The summed E-state index contributed by atoms with van der Waals surface area (Å²) in [5.41, 5.74) is 1.03.